The van der Waals surface area contributed by atoms with Gasteiger partial charge in [-0.3, -0.25) is 0 Å². The minimum absolute atomic E-state index is 0.149. The molecule has 1 N–H and O–H groups in total. The van der Waals surface area contributed by atoms with Crippen molar-refractivity contribution >= 4 is 0 Å². The molecule has 2 heteroatoms. The Hall–Kier alpha value is -0.860. The molecule has 0 aliphatic rings. The summed E-state index contributed by atoms with van der Waals surface area (Å²) in [5, 5.41) is 3.16. The van der Waals surface area contributed by atoms with E-state index in [9.17, 15) is 0 Å². The first-order chi connectivity index (χ1) is 7.13. The lowest BCUT2D eigenvalue weighted by Crippen LogP contribution is -2.22. The van der Waals surface area contributed by atoms with Crippen molar-refractivity contribution in [2.45, 2.75) is 33.0 Å². The van der Waals surface area contributed by atoms with Crippen LogP contribution in [-0.2, 0) is 4.74 Å². The van der Waals surface area contributed by atoms with Crippen LogP contribution in [0.5, 0.6) is 0 Å². The van der Waals surface area contributed by atoms with E-state index in [0.29, 0.717) is 0 Å². The molecule has 0 amide bonds. The van der Waals surface area contributed by atoms with E-state index in [4.69, 9.17) is 4.74 Å². The van der Waals surface area contributed by atoms with E-state index in [1.165, 1.54) is 11.1 Å². The second-order valence-electron chi connectivity index (χ2n) is 4.14. The molecule has 0 aliphatic carbocycles. The molecule has 2 nitrogen and oxygen atoms in total. The van der Waals surface area contributed by atoms with Gasteiger partial charge < -0.3 is 10.1 Å². The minimum atomic E-state index is 0.149. The maximum Gasteiger partial charge on any atom is 0.0952 e. The molecule has 0 fully saturated rings. The molecule has 1 aromatic carbocycles. The number of hydrogen-bond donors (Lipinski definition) is 1. The van der Waals surface area contributed by atoms with Crippen molar-refractivity contribution < 1.29 is 4.74 Å². The van der Waals surface area contributed by atoms with Crippen molar-refractivity contribution in [2.75, 3.05) is 13.6 Å². The number of ether oxygens (including phenoxy) is 1. The van der Waals surface area contributed by atoms with E-state index >= 15 is 0 Å². The van der Waals surface area contributed by atoms with Crippen molar-refractivity contribution in [3.8, 4) is 0 Å². The molecule has 1 atom stereocenters. The van der Waals surface area contributed by atoms with Crippen LogP contribution in [0, 0.1) is 6.92 Å². The van der Waals surface area contributed by atoms with Crippen LogP contribution >= 0.6 is 0 Å². The number of aryl methyl sites for hydroxylation is 1. The zero-order valence-corrected chi connectivity index (χ0v) is 10.1. The predicted molar refractivity (Wildman–Crippen MR) is 64.1 cm³/mol. The quantitative estimate of drug-likeness (QED) is 0.801. The normalized spacial score (nSPS) is 13.1. The van der Waals surface area contributed by atoms with E-state index in [1.54, 1.807) is 0 Å². The molecular weight excluding hydrogens is 186 g/mol. The standard InChI is InChI=1S/C13H21NO/c1-10(2)15-13(9-14-4)12-7-5-11(3)6-8-12/h5-8,10,13-14H,9H2,1-4H3/t13-/m0/s1. The zero-order valence-electron chi connectivity index (χ0n) is 10.1. The molecule has 0 unspecified atom stereocenters. The molecule has 1 rings (SSSR count). The third kappa shape index (κ3) is 4.02. The van der Waals surface area contributed by atoms with Crippen molar-refractivity contribution in [3.63, 3.8) is 0 Å². The van der Waals surface area contributed by atoms with Crippen molar-refractivity contribution in [2.24, 2.45) is 0 Å². The lowest BCUT2D eigenvalue weighted by atomic mass is 10.1. The zero-order chi connectivity index (χ0) is 11.3. The van der Waals surface area contributed by atoms with E-state index in [0.717, 1.165) is 6.54 Å². The van der Waals surface area contributed by atoms with E-state index in [-0.39, 0.29) is 12.2 Å². The van der Waals surface area contributed by atoms with Crippen molar-refractivity contribution in [1.29, 1.82) is 0 Å². The number of likely N-dealkylation sites (N-methyl/N-ethyl adjacent to an activating group) is 1. The second-order valence-corrected chi connectivity index (χ2v) is 4.14. The molecule has 0 bridgehead atoms. The van der Waals surface area contributed by atoms with Gasteiger partial charge in [-0.25, -0.2) is 0 Å². The van der Waals surface area contributed by atoms with Crippen molar-refractivity contribution in [1.82, 2.24) is 5.32 Å². The SMILES string of the molecule is CNC[C@H](OC(C)C)c1ccc(C)cc1. The summed E-state index contributed by atoms with van der Waals surface area (Å²) < 4.78 is 5.85. The van der Waals surface area contributed by atoms with Crippen LogP contribution in [0.4, 0.5) is 0 Å². The topological polar surface area (TPSA) is 21.3 Å². The predicted octanol–water partition coefficient (Wildman–Crippen LogP) is 2.68. The van der Waals surface area contributed by atoms with Gasteiger partial charge in [0.1, 0.15) is 0 Å². The Morgan fingerprint density at radius 1 is 1.20 bits per heavy atom. The van der Waals surface area contributed by atoms with Gasteiger partial charge in [0.05, 0.1) is 12.2 Å². The van der Waals surface area contributed by atoms with Gasteiger partial charge in [0.25, 0.3) is 0 Å². The smallest absolute Gasteiger partial charge is 0.0952 e. The highest BCUT2D eigenvalue weighted by atomic mass is 16.5. The summed E-state index contributed by atoms with van der Waals surface area (Å²) in [5.74, 6) is 0. The molecule has 0 saturated heterocycles. The summed E-state index contributed by atoms with van der Waals surface area (Å²) in [7, 11) is 1.95. The van der Waals surface area contributed by atoms with Crippen LogP contribution in [0.2, 0.25) is 0 Å². The Morgan fingerprint density at radius 3 is 2.27 bits per heavy atom. The van der Waals surface area contributed by atoms with E-state index in [2.05, 4.69) is 50.4 Å². The van der Waals surface area contributed by atoms with Gasteiger partial charge in [0.2, 0.25) is 0 Å². The molecule has 0 aliphatic heterocycles. The van der Waals surface area contributed by atoms with Crippen LogP contribution < -0.4 is 5.32 Å². The lowest BCUT2D eigenvalue weighted by molar-refractivity contribution is 0.00814. The van der Waals surface area contributed by atoms with Crippen LogP contribution in [0.25, 0.3) is 0 Å². The van der Waals surface area contributed by atoms with E-state index < -0.39 is 0 Å². The van der Waals surface area contributed by atoms with Gasteiger partial charge >= 0.3 is 0 Å². The first kappa shape index (κ1) is 12.2. The van der Waals surface area contributed by atoms with Gasteiger partial charge in [0, 0.05) is 6.54 Å². The molecule has 0 heterocycles. The van der Waals surface area contributed by atoms with Crippen LogP contribution in [0.1, 0.15) is 31.1 Å². The monoisotopic (exact) mass is 207 g/mol. The van der Waals surface area contributed by atoms with Gasteiger partial charge in [-0.2, -0.15) is 0 Å². The molecule has 15 heavy (non-hydrogen) atoms. The highest BCUT2D eigenvalue weighted by Crippen LogP contribution is 2.18. The largest absolute Gasteiger partial charge is 0.370 e. The fraction of sp³-hybridized carbons (Fsp3) is 0.538. The molecule has 0 spiro atoms. The van der Waals surface area contributed by atoms with Crippen molar-refractivity contribution in [3.05, 3.63) is 35.4 Å². The van der Waals surface area contributed by atoms with Crippen LogP contribution in [0.15, 0.2) is 24.3 Å². The number of nitrogens with one attached hydrogen (secondary N) is 1. The minimum Gasteiger partial charge on any atom is -0.370 e. The summed E-state index contributed by atoms with van der Waals surface area (Å²) in [5.41, 5.74) is 2.52. The summed E-state index contributed by atoms with van der Waals surface area (Å²) in [6, 6.07) is 8.53. The van der Waals surface area contributed by atoms with Gasteiger partial charge in [0.15, 0.2) is 0 Å². The Balaban J connectivity index is 2.74. The Morgan fingerprint density at radius 2 is 1.80 bits per heavy atom. The third-order valence-electron chi connectivity index (χ3n) is 2.28. The molecule has 0 saturated carbocycles. The summed E-state index contributed by atoms with van der Waals surface area (Å²) in [6.07, 6.45) is 0.403. The Labute approximate surface area is 92.6 Å². The maximum absolute atomic E-state index is 5.85. The fourth-order valence-corrected chi connectivity index (χ4v) is 1.54. The second kappa shape index (κ2) is 5.89. The summed E-state index contributed by atoms with van der Waals surface area (Å²) >= 11 is 0. The number of hydrogen-bond acceptors (Lipinski definition) is 2. The molecular formula is C13H21NO. The van der Waals surface area contributed by atoms with E-state index in [1.807, 2.05) is 7.05 Å². The number of benzene rings is 1. The maximum atomic E-state index is 5.85. The lowest BCUT2D eigenvalue weighted by Gasteiger charge is -2.20. The van der Waals surface area contributed by atoms with Gasteiger partial charge in [-0.1, -0.05) is 29.8 Å². The van der Waals surface area contributed by atoms with Gasteiger partial charge in [-0.15, -0.1) is 0 Å². The molecule has 84 valence electrons. The fourth-order valence-electron chi connectivity index (χ4n) is 1.54. The highest BCUT2D eigenvalue weighted by Gasteiger charge is 2.12. The number of rotatable bonds is 5. The molecule has 0 radical (unpaired) electrons. The third-order valence-corrected chi connectivity index (χ3v) is 2.28. The molecule has 0 aromatic heterocycles. The van der Waals surface area contributed by atoms with Crippen LogP contribution in [0.3, 0.4) is 0 Å². The summed E-state index contributed by atoms with van der Waals surface area (Å²) in [4.78, 5) is 0. The van der Waals surface area contributed by atoms with Crippen LogP contribution in [-0.4, -0.2) is 19.7 Å². The Kier molecular flexibility index (Phi) is 4.79. The average molecular weight is 207 g/mol. The average Bonchev–Trinajstić information content (AvgIpc) is 2.17. The summed E-state index contributed by atoms with van der Waals surface area (Å²) in [6.45, 7) is 7.08. The highest BCUT2D eigenvalue weighted by molar-refractivity contribution is 5.23. The Bertz CT molecular complexity index is 279. The first-order valence-electron chi connectivity index (χ1n) is 5.50. The molecule has 1 aromatic rings. The first-order valence-corrected chi connectivity index (χ1v) is 5.50. The van der Waals surface area contributed by atoms with Gasteiger partial charge in [-0.05, 0) is 33.4 Å².